The highest BCUT2D eigenvalue weighted by molar-refractivity contribution is 5.84. The van der Waals surface area contributed by atoms with E-state index in [1.165, 1.54) is 6.33 Å². The molecule has 3 aromatic rings. The van der Waals surface area contributed by atoms with Gasteiger partial charge in [0, 0.05) is 44.4 Å². The third-order valence-electron chi connectivity index (χ3n) is 7.78. The molecule has 0 saturated carbocycles. The Morgan fingerprint density at radius 1 is 1.18 bits per heavy atom. The summed E-state index contributed by atoms with van der Waals surface area (Å²) in [7, 11) is 3.74. The molecule has 2 aromatic carbocycles. The molecular weight excluding hydrogens is 571 g/mol. The van der Waals surface area contributed by atoms with Crippen LogP contribution in [0.5, 0.6) is 5.75 Å². The summed E-state index contributed by atoms with van der Waals surface area (Å²) in [6.45, 7) is 0.583. The number of likely N-dealkylation sites (tertiary alicyclic amines) is 1. The first kappa shape index (κ1) is 30.7. The number of alkyl halides is 1. The monoisotopic (exact) mass is 604 g/mol. The lowest BCUT2D eigenvalue weighted by atomic mass is 10.0. The largest absolute Gasteiger partial charge is 0.486 e. The summed E-state index contributed by atoms with van der Waals surface area (Å²) in [6.07, 6.45) is -2.56. The Hall–Kier alpha value is -4.71. The molecule has 2 aliphatic heterocycles. The maximum Gasteiger partial charge on any atom is 0.253 e. The SMILES string of the molecule is CN1CCN(C)C(c2ccc(Nc3ncnc(-c4ccc(O[C@H]5CCN(C(=O)[C@@H](O)CO)C[C@H]5F)c(C#N)c4)n3)cc2)C1=O. The molecule has 2 amide bonds. The number of aliphatic hydroxyl groups is 2. The third kappa shape index (κ3) is 6.60. The van der Waals surface area contributed by atoms with Crippen LogP contribution in [0.15, 0.2) is 48.8 Å². The highest BCUT2D eigenvalue weighted by Gasteiger charge is 2.35. The molecule has 1 aromatic heterocycles. The van der Waals surface area contributed by atoms with Crippen molar-refractivity contribution < 1.29 is 28.9 Å². The average Bonchev–Trinajstić information content (AvgIpc) is 3.04. The van der Waals surface area contributed by atoms with Crippen LogP contribution in [0.2, 0.25) is 0 Å². The number of hydrogen-bond donors (Lipinski definition) is 3. The molecule has 3 N–H and O–H groups in total. The summed E-state index contributed by atoms with van der Waals surface area (Å²) in [4.78, 5) is 42.6. The Balaban J connectivity index is 1.25. The Morgan fingerprint density at radius 3 is 2.66 bits per heavy atom. The minimum absolute atomic E-state index is 0.0519. The van der Waals surface area contributed by atoms with Crippen LogP contribution < -0.4 is 10.1 Å². The van der Waals surface area contributed by atoms with E-state index in [1.54, 1.807) is 30.1 Å². The van der Waals surface area contributed by atoms with Crippen molar-refractivity contribution >= 4 is 23.5 Å². The van der Waals surface area contributed by atoms with Crippen LogP contribution in [0.4, 0.5) is 16.0 Å². The zero-order valence-corrected chi connectivity index (χ0v) is 24.3. The molecule has 3 heterocycles. The fourth-order valence-electron chi connectivity index (χ4n) is 5.24. The number of aliphatic hydroxyl groups excluding tert-OH is 2. The van der Waals surface area contributed by atoms with Gasteiger partial charge >= 0.3 is 0 Å². The lowest BCUT2D eigenvalue weighted by Gasteiger charge is -2.37. The summed E-state index contributed by atoms with van der Waals surface area (Å²) in [5.74, 6) is 0.0731. The number of rotatable bonds is 8. The smallest absolute Gasteiger partial charge is 0.253 e. The number of nitrogens with zero attached hydrogens (tertiary/aromatic N) is 7. The number of anilines is 2. The molecule has 2 fully saturated rings. The number of aromatic nitrogens is 3. The molecular formula is C30H33FN8O5. The molecule has 0 radical (unpaired) electrons. The maximum absolute atomic E-state index is 14.9. The maximum atomic E-state index is 14.9. The molecule has 0 bridgehead atoms. The highest BCUT2D eigenvalue weighted by Crippen LogP contribution is 2.29. The normalized spacial score (nSPS) is 21.5. The van der Waals surface area contributed by atoms with E-state index in [0.717, 1.165) is 17.0 Å². The minimum atomic E-state index is -1.59. The van der Waals surface area contributed by atoms with E-state index in [9.17, 15) is 24.3 Å². The van der Waals surface area contributed by atoms with Crippen molar-refractivity contribution in [2.75, 3.05) is 52.2 Å². The number of halogens is 1. The van der Waals surface area contributed by atoms with Crippen LogP contribution >= 0.6 is 0 Å². The average molecular weight is 605 g/mol. The molecule has 0 aliphatic carbocycles. The Kier molecular flexibility index (Phi) is 9.29. The second-order valence-corrected chi connectivity index (χ2v) is 10.8. The molecule has 4 atom stereocenters. The number of amides is 2. The summed E-state index contributed by atoms with van der Waals surface area (Å²) in [6, 6.07) is 13.9. The predicted molar refractivity (Wildman–Crippen MR) is 156 cm³/mol. The summed E-state index contributed by atoms with van der Waals surface area (Å²) in [5, 5.41) is 31.5. The Bertz CT molecular complexity index is 1550. The van der Waals surface area contributed by atoms with Crippen molar-refractivity contribution in [1.29, 1.82) is 5.26 Å². The number of ether oxygens (including phenoxy) is 1. The van der Waals surface area contributed by atoms with Crippen molar-refractivity contribution in [2.45, 2.75) is 30.8 Å². The first-order valence-electron chi connectivity index (χ1n) is 14.1. The number of carbonyl (C=O) groups excluding carboxylic acids is 2. The number of nitrogens with one attached hydrogen (secondary N) is 1. The molecule has 44 heavy (non-hydrogen) atoms. The van der Waals surface area contributed by atoms with Gasteiger partial charge in [0.15, 0.2) is 18.1 Å². The van der Waals surface area contributed by atoms with Crippen molar-refractivity contribution in [3.8, 4) is 23.2 Å². The molecule has 1 unspecified atom stereocenters. The lowest BCUT2D eigenvalue weighted by molar-refractivity contribution is -0.146. The van der Waals surface area contributed by atoms with Crippen LogP contribution in [0.25, 0.3) is 11.4 Å². The van der Waals surface area contributed by atoms with Gasteiger partial charge in [0.2, 0.25) is 11.9 Å². The van der Waals surface area contributed by atoms with Gasteiger partial charge in [-0.1, -0.05) is 12.1 Å². The molecule has 5 rings (SSSR count). The van der Waals surface area contributed by atoms with E-state index in [2.05, 4.69) is 26.3 Å². The number of piperazine rings is 1. The lowest BCUT2D eigenvalue weighted by Crippen LogP contribution is -2.52. The van der Waals surface area contributed by atoms with Gasteiger partial charge < -0.3 is 30.1 Å². The Morgan fingerprint density at radius 2 is 1.95 bits per heavy atom. The molecule has 2 aliphatic rings. The minimum Gasteiger partial charge on any atom is -0.486 e. The fraction of sp³-hybridized carbons (Fsp3) is 0.400. The standard InChI is InChI=1S/C30H33FN8O5/c1-37-11-12-38(2)29(43)26(37)18-3-6-21(7-4-18)35-30-34-17-33-27(36-30)19-5-8-24(20(13-19)14-32)44-25-9-10-39(15-22(25)31)28(42)23(41)16-40/h3-8,13,17,22-23,25-26,40-41H,9-12,15-16H2,1-2H3,(H,33,34,35,36)/t22-,23+,25+,26?/m1/s1. The van der Waals surface area contributed by atoms with Crippen LogP contribution in [0.3, 0.4) is 0 Å². The first-order valence-corrected chi connectivity index (χ1v) is 14.1. The van der Waals surface area contributed by atoms with Crippen molar-refractivity contribution in [3.63, 3.8) is 0 Å². The summed E-state index contributed by atoms with van der Waals surface area (Å²) >= 11 is 0. The van der Waals surface area contributed by atoms with Crippen molar-refractivity contribution in [1.82, 2.24) is 29.7 Å². The van der Waals surface area contributed by atoms with E-state index >= 15 is 0 Å². The predicted octanol–water partition coefficient (Wildman–Crippen LogP) is 1.27. The van der Waals surface area contributed by atoms with Gasteiger partial charge in [-0.25, -0.2) is 14.4 Å². The third-order valence-corrected chi connectivity index (χ3v) is 7.78. The van der Waals surface area contributed by atoms with E-state index in [0.29, 0.717) is 23.6 Å². The number of carbonyl (C=O) groups is 2. The van der Waals surface area contributed by atoms with Gasteiger partial charge in [-0.3, -0.25) is 14.5 Å². The Labute approximate surface area is 253 Å². The quantitative estimate of drug-likeness (QED) is 0.339. The number of nitriles is 1. The number of likely N-dealkylation sites (N-methyl/N-ethyl adjacent to an activating group) is 2. The second kappa shape index (κ2) is 13.3. The fourth-order valence-corrected chi connectivity index (χ4v) is 5.24. The highest BCUT2D eigenvalue weighted by atomic mass is 19.1. The molecule has 14 heteroatoms. The zero-order chi connectivity index (χ0) is 31.4. The van der Waals surface area contributed by atoms with Crippen LogP contribution in [-0.2, 0) is 9.59 Å². The molecule has 2 saturated heterocycles. The number of piperidine rings is 1. The van der Waals surface area contributed by atoms with Crippen molar-refractivity contribution in [2.24, 2.45) is 0 Å². The number of hydrogen-bond acceptors (Lipinski definition) is 11. The topological polar surface area (TPSA) is 168 Å². The van der Waals surface area contributed by atoms with Gasteiger partial charge in [-0.05, 0) is 42.9 Å². The zero-order valence-electron chi connectivity index (χ0n) is 24.3. The first-order chi connectivity index (χ1) is 21.2. The molecule has 13 nitrogen and oxygen atoms in total. The molecule has 0 spiro atoms. The van der Waals surface area contributed by atoms with Gasteiger partial charge in [-0.15, -0.1) is 0 Å². The van der Waals surface area contributed by atoms with Crippen molar-refractivity contribution in [3.05, 3.63) is 59.9 Å². The van der Waals surface area contributed by atoms with Gasteiger partial charge in [0.1, 0.15) is 30.3 Å². The van der Waals surface area contributed by atoms with E-state index in [4.69, 9.17) is 9.84 Å². The summed E-state index contributed by atoms with van der Waals surface area (Å²) in [5.41, 5.74) is 2.28. The van der Waals surface area contributed by atoms with Gasteiger partial charge in [-0.2, -0.15) is 10.2 Å². The van der Waals surface area contributed by atoms with E-state index < -0.39 is 30.9 Å². The molecule has 230 valence electrons. The van der Waals surface area contributed by atoms with Crippen LogP contribution in [0.1, 0.15) is 23.6 Å². The van der Waals surface area contributed by atoms with Crippen LogP contribution in [-0.4, -0.2) is 117 Å². The summed E-state index contributed by atoms with van der Waals surface area (Å²) < 4.78 is 20.7. The van der Waals surface area contributed by atoms with E-state index in [1.807, 2.05) is 36.2 Å². The van der Waals surface area contributed by atoms with Gasteiger partial charge in [0.25, 0.3) is 5.91 Å². The van der Waals surface area contributed by atoms with Crippen LogP contribution in [0, 0.1) is 11.3 Å². The second-order valence-electron chi connectivity index (χ2n) is 10.8. The number of benzene rings is 2. The van der Waals surface area contributed by atoms with Gasteiger partial charge in [0.05, 0.1) is 18.7 Å². The van der Waals surface area contributed by atoms with E-state index in [-0.39, 0.29) is 48.7 Å².